The molecule has 134 valence electrons. The average molecular weight is 413 g/mol. The van der Waals surface area contributed by atoms with E-state index in [4.69, 9.17) is 4.42 Å². The lowest BCUT2D eigenvalue weighted by molar-refractivity contribution is -0.121. The Morgan fingerprint density at radius 2 is 1.85 bits per heavy atom. The summed E-state index contributed by atoms with van der Waals surface area (Å²) in [6, 6.07) is 17.7. The van der Waals surface area contributed by atoms with Crippen molar-refractivity contribution >= 4 is 21.8 Å². The van der Waals surface area contributed by atoms with Gasteiger partial charge in [-0.3, -0.25) is 4.79 Å². The molecule has 0 aliphatic heterocycles. The second-order valence-corrected chi connectivity index (χ2v) is 7.06. The Kier molecular flexibility index (Phi) is 5.89. The number of carbonyl (C=O) groups is 1. The first-order valence-electron chi connectivity index (χ1n) is 8.63. The van der Waals surface area contributed by atoms with Crippen LogP contribution in [0.3, 0.4) is 0 Å². The number of benzene rings is 2. The summed E-state index contributed by atoms with van der Waals surface area (Å²) in [5.41, 5.74) is 2.67. The van der Waals surface area contributed by atoms with Crippen molar-refractivity contribution < 1.29 is 9.21 Å². The molecule has 0 saturated heterocycles. The number of carbonyl (C=O) groups excluding carboxylic acids is 1. The first-order chi connectivity index (χ1) is 12.6. The van der Waals surface area contributed by atoms with Crippen molar-refractivity contribution in [3.8, 4) is 11.5 Å². The van der Waals surface area contributed by atoms with Gasteiger partial charge in [-0.05, 0) is 43.2 Å². The summed E-state index contributed by atoms with van der Waals surface area (Å²) >= 11 is 3.44. The Morgan fingerprint density at radius 3 is 2.50 bits per heavy atom. The second kappa shape index (κ2) is 8.32. The lowest BCUT2D eigenvalue weighted by atomic mass is 10.0. The van der Waals surface area contributed by atoms with Crippen molar-refractivity contribution in [1.82, 2.24) is 10.3 Å². The second-order valence-electron chi connectivity index (χ2n) is 6.14. The maximum atomic E-state index is 12.5. The summed E-state index contributed by atoms with van der Waals surface area (Å²) in [5.74, 6) is 1.16. The molecule has 1 amide bonds. The van der Waals surface area contributed by atoms with Crippen LogP contribution in [-0.4, -0.2) is 10.9 Å². The van der Waals surface area contributed by atoms with Crippen molar-refractivity contribution in [3.05, 3.63) is 76.1 Å². The van der Waals surface area contributed by atoms with Gasteiger partial charge in [-0.1, -0.05) is 53.2 Å². The van der Waals surface area contributed by atoms with Crippen LogP contribution >= 0.6 is 15.9 Å². The van der Waals surface area contributed by atoms with Crippen molar-refractivity contribution in [2.75, 3.05) is 0 Å². The number of aryl methyl sites for hydroxylation is 1. The fraction of sp³-hybridized carbons (Fsp3) is 0.238. The lowest BCUT2D eigenvalue weighted by Gasteiger charge is -2.17. The molecule has 3 aromatic rings. The number of hydrogen-bond acceptors (Lipinski definition) is 3. The zero-order valence-electron chi connectivity index (χ0n) is 14.8. The van der Waals surface area contributed by atoms with E-state index in [0.717, 1.165) is 22.0 Å². The number of nitrogens with zero attached hydrogens (tertiary/aromatic N) is 1. The van der Waals surface area contributed by atoms with E-state index in [1.807, 2.05) is 61.5 Å². The molecule has 1 N–H and O–H groups in total. The summed E-state index contributed by atoms with van der Waals surface area (Å²) in [7, 11) is 0. The van der Waals surface area contributed by atoms with Gasteiger partial charge in [0.1, 0.15) is 5.76 Å². The molecule has 1 atom stereocenters. The Hall–Kier alpha value is -2.40. The maximum Gasteiger partial charge on any atom is 0.226 e. The van der Waals surface area contributed by atoms with E-state index in [1.54, 1.807) is 0 Å². The highest BCUT2D eigenvalue weighted by Gasteiger charge is 2.17. The van der Waals surface area contributed by atoms with Gasteiger partial charge in [0.05, 0.1) is 18.2 Å². The van der Waals surface area contributed by atoms with E-state index in [2.05, 4.69) is 33.2 Å². The Labute approximate surface area is 161 Å². The number of nitrogens with one attached hydrogen (secondary N) is 1. The molecule has 26 heavy (non-hydrogen) atoms. The highest BCUT2D eigenvalue weighted by molar-refractivity contribution is 9.10. The maximum absolute atomic E-state index is 12.5. The molecule has 0 radical (unpaired) electrons. The summed E-state index contributed by atoms with van der Waals surface area (Å²) in [6.07, 6.45) is 1.02. The average Bonchev–Trinajstić information content (AvgIpc) is 3.02. The molecule has 2 aromatic carbocycles. The zero-order valence-corrected chi connectivity index (χ0v) is 16.4. The minimum absolute atomic E-state index is 0.0172. The molecule has 0 aliphatic carbocycles. The fourth-order valence-electron chi connectivity index (χ4n) is 2.81. The predicted molar refractivity (Wildman–Crippen MR) is 106 cm³/mol. The third-order valence-electron chi connectivity index (χ3n) is 4.26. The molecular weight excluding hydrogens is 392 g/mol. The van der Waals surface area contributed by atoms with Gasteiger partial charge in [-0.15, -0.1) is 0 Å². The van der Waals surface area contributed by atoms with Crippen LogP contribution in [0, 0.1) is 6.92 Å². The van der Waals surface area contributed by atoms with Gasteiger partial charge < -0.3 is 9.73 Å². The van der Waals surface area contributed by atoms with E-state index in [9.17, 15) is 4.79 Å². The molecule has 0 spiro atoms. The van der Waals surface area contributed by atoms with Crippen LogP contribution in [0.1, 0.15) is 36.4 Å². The van der Waals surface area contributed by atoms with Gasteiger partial charge >= 0.3 is 0 Å². The van der Waals surface area contributed by atoms with Gasteiger partial charge in [-0.25, -0.2) is 4.98 Å². The molecule has 0 aliphatic rings. The van der Waals surface area contributed by atoms with Crippen molar-refractivity contribution in [3.63, 3.8) is 0 Å². The third kappa shape index (κ3) is 4.41. The summed E-state index contributed by atoms with van der Waals surface area (Å²) in [4.78, 5) is 17.0. The Balaban J connectivity index is 1.69. The van der Waals surface area contributed by atoms with Crippen molar-refractivity contribution in [2.45, 2.75) is 32.7 Å². The molecule has 0 saturated carbocycles. The van der Waals surface area contributed by atoms with Gasteiger partial charge in [0.25, 0.3) is 0 Å². The standard InChI is InChI=1S/C21H21BrN2O2/c1-3-18(15-9-11-17(22)12-10-15)23-20(25)13-19-14(2)26-21(24-19)16-7-5-4-6-8-16/h4-12,18H,3,13H2,1-2H3,(H,23,25)/t18-/m0/s1. The number of oxazole rings is 1. The van der Waals surface area contributed by atoms with Crippen molar-refractivity contribution in [2.24, 2.45) is 0 Å². The quantitative estimate of drug-likeness (QED) is 0.603. The number of hydrogen-bond donors (Lipinski definition) is 1. The molecule has 1 heterocycles. The molecule has 0 fully saturated rings. The van der Waals surface area contributed by atoms with Crippen LogP contribution < -0.4 is 5.32 Å². The highest BCUT2D eigenvalue weighted by atomic mass is 79.9. The molecular formula is C21H21BrN2O2. The first-order valence-corrected chi connectivity index (χ1v) is 9.42. The Morgan fingerprint density at radius 1 is 1.15 bits per heavy atom. The normalized spacial score (nSPS) is 12.0. The minimum atomic E-state index is -0.0595. The highest BCUT2D eigenvalue weighted by Crippen LogP contribution is 2.23. The number of aromatic nitrogens is 1. The van der Waals surface area contributed by atoms with Crippen molar-refractivity contribution in [1.29, 1.82) is 0 Å². The first kappa shape index (κ1) is 18.4. The van der Waals surface area contributed by atoms with E-state index < -0.39 is 0 Å². The molecule has 0 unspecified atom stereocenters. The SMILES string of the molecule is CC[C@H](NC(=O)Cc1nc(-c2ccccc2)oc1C)c1ccc(Br)cc1. The molecule has 0 bridgehead atoms. The summed E-state index contributed by atoms with van der Waals surface area (Å²) in [6.45, 7) is 3.90. The number of halogens is 1. The molecule has 1 aromatic heterocycles. The van der Waals surface area contributed by atoms with Gasteiger partial charge in [-0.2, -0.15) is 0 Å². The Bertz CT molecular complexity index is 873. The van der Waals surface area contributed by atoms with Crippen LogP contribution in [0.4, 0.5) is 0 Å². The third-order valence-corrected chi connectivity index (χ3v) is 4.79. The smallest absolute Gasteiger partial charge is 0.226 e. The fourth-order valence-corrected chi connectivity index (χ4v) is 3.07. The minimum Gasteiger partial charge on any atom is -0.441 e. The predicted octanol–water partition coefficient (Wildman–Crippen LogP) is 5.22. The molecule has 5 heteroatoms. The van der Waals surface area contributed by atoms with Gasteiger partial charge in [0.2, 0.25) is 11.8 Å². The van der Waals surface area contributed by atoms with Crippen LogP contribution in [0.25, 0.3) is 11.5 Å². The molecule has 3 rings (SSSR count). The van der Waals surface area contributed by atoms with E-state index in [0.29, 0.717) is 17.3 Å². The van der Waals surface area contributed by atoms with Gasteiger partial charge in [0.15, 0.2) is 0 Å². The summed E-state index contributed by atoms with van der Waals surface area (Å²) in [5, 5.41) is 3.09. The largest absolute Gasteiger partial charge is 0.441 e. The van der Waals surface area contributed by atoms with Crippen LogP contribution in [-0.2, 0) is 11.2 Å². The van der Waals surface area contributed by atoms with Crippen LogP contribution in [0.5, 0.6) is 0 Å². The lowest BCUT2D eigenvalue weighted by Crippen LogP contribution is -2.29. The topological polar surface area (TPSA) is 55.1 Å². The van der Waals surface area contributed by atoms with E-state index >= 15 is 0 Å². The van der Waals surface area contributed by atoms with Gasteiger partial charge in [0, 0.05) is 10.0 Å². The zero-order chi connectivity index (χ0) is 18.5. The monoisotopic (exact) mass is 412 g/mol. The van der Waals surface area contributed by atoms with E-state index in [1.165, 1.54) is 0 Å². The van der Waals surface area contributed by atoms with Crippen LogP contribution in [0.15, 0.2) is 63.5 Å². The van der Waals surface area contributed by atoms with E-state index in [-0.39, 0.29) is 18.4 Å². The number of amides is 1. The molecule has 4 nitrogen and oxygen atoms in total. The van der Waals surface area contributed by atoms with Crippen LogP contribution in [0.2, 0.25) is 0 Å². The number of rotatable bonds is 6. The summed E-state index contributed by atoms with van der Waals surface area (Å²) < 4.78 is 6.76.